The molecule has 5 rings (SSSR count). The van der Waals surface area contributed by atoms with Crippen molar-refractivity contribution >= 4 is 16.9 Å². The van der Waals surface area contributed by atoms with E-state index in [-0.39, 0.29) is 22.8 Å². The first-order valence-corrected chi connectivity index (χ1v) is 10.5. The van der Waals surface area contributed by atoms with Crippen LogP contribution in [-0.4, -0.2) is 39.5 Å². The van der Waals surface area contributed by atoms with Gasteiger partial charge < -0.3 is 5.73 Å². The largest absolute Gasteiger partial charge is 0.451 e. The number of benzene rings is 1. The van der Waals surface area contributed by atoms with Crippen molar-refractivity contribution in [2.75, 3.05) is 5.73 Å². The predicted molar refractivity (Wildman–Crippen MR) is 118 cm³/mol. The number of nitrogens with zero attached hydrogens (tertiary/aromatic N) is 8. The van der Waals surface area contributed by atoms with Crippen LogP contribution in [-0.2, 0) is 6.18 Å². The molecular formula is C22H17F4N9. The van der Waals surface area contributed by atoms with E-state index in [1.54, 1.807) is 35.3 Å². The van der Waals surface area contributed by atoms with Crippen molar-refractivity contribution in [3.63, 3.8) is 0 Å². The van der Waals surface area contributed by atoms with Gasteiger partial charge in [-0.05, 0) is 18.6 Å². The van der Waals surface area contributed by atoms with E-state index in [4.69, 9.17) is 5.73 Å². The van der Waals surface area contributed by atoms with Gasteiger partial charge in [-0.2, -0.15) is 23.4 Å². The highest BCUT2D eigenvalue weighted by Gasteiger charge is 2.34. The molecule has 35 heavy (non-hydrogen) atoms. The van der Waals surface area contributed by atoms with Gasteiger partial charge in [-0.1, -0.05) is 19.1 Å². The fourth-order valence-electron chi connectivity index (χ4n) is 3.84. The molecule has 0 aliphatic heterocycles. The molecule has 1 unspecified atom stereocenters. The topological polar surface area (TPSA) is 113 Å². The van der Waals surface area contributed by atoms with Gasteiger partial charge in [0.2, 0.25) is 5.82 Å². The molecular weight excluding hydrogens is 466 g/mol. The number of halogens is 4. The quantitative estimate of drug-likeness (QED) is 0.373. The third-order valence-electron chi connectivity index (χ3n) is 5.47. The van der Waals surface area contributed by atoms with Gasteiger partial charge in [-0.3, -0.25) is 0 Å². The molecule has 2 N–H and O–H groups in total. The Morgan fingerprint density at radius 2 is 1.77 bits per heavy atom. The molecule has 0 aliphatic rings. The second kappa shape index (κ2) is 8.42. The van der Waals surface area contributed by atoms with Gasteiger partial charge in [0, 0.05) is 29.7 Å². The standard InChI is InChI=1S/C22H17F4N9/c1-2-15(13-9-32-34(10-13)16-6-4-3-5-14(16)23)35-20-17(19(27)30-11-31-20)18(33-35)12-7-28-21(29-8-12)22(24,25)26/h3-11,15H,2H2,1H3,(H2,27,30,31). The Bertz CT molecular complexity index is 1510. The maximum atomic E-state index is 14.2. The molecule has 178 valence electrons. The first-order chi connectivity index (χ1) is 16.8. The zero-order valence-electron chi connectivity index (χ0n) is 18.1. The number of nitrogens with two attached hydrogens (primary N) is 1. The van der Waals surface area contributed by atoms with Gasteiger partial charge in [0.25, 0.3) is 0 Å². The Balaban J connectivity index is 1.62. The number of para-hydroxylation sites is 1. The average molecular weight is 483 g/mol. The van der Waals surface area contributed by atoms with Gasteiger partial charge in [0.15, 0.2) is 5.65 Å². The molecule has 4 aromatic heterocycles. The normalized spacial score (nSPS) is 12.8. The summed E-state index contributed by atoms with van der Waals surface area (Å²) in [5, 5.41) is 9.27. The summed E-state index contributed by atoms with van der Waals surface area (Å²) in [7, 11) is 0. The molecule has 0 saturated heterocycles. The fourth-order valence-corrected chi connectivity index (χ4v) is 3.84. The predicted octanol–water partition coefficient (Wildman–Crippen LogP) is 4.21. The second-order valence-electron chi connectivity index (χ2n) is 7.64. The van der Waals surface area contributed by atoms with Gasteiger partial charge in [-0.25, -0.2) is 33.7 Å². The molecule has 0 bridgehead atoms. The Morgan fingerprint density at radius 1 is 1.03 bits per heavy atom. The van der Waals surface area contributed by atoms with E-state index >= 15 is 0 Å². The molecule has 0 saturated carbocycles. The molecule has 5 aromatic rings. The van der Waals surface area contributed by atoms with Crippen molar-refractivity contribution in [2.24, 2.45) is 0 Å². The average Bonchev–Trinajstić information content (AvgIpc) is 3.46. The zero-order valence-corrected chi connectivity index (χ0v) is 18.1. The first kappa shape index (κ1) is 22.4. The van der Waals surface area contributed by atoms with Crippen molar-refractivity contribution in [2.45, 2.75) is 25.6 Å². The molecule has 0 aliphatic carbocycles. The third kappa shape index (κ3) is 3.94. The summed E-state index contributed by atoms with van der Waals surface area (Å²) in [4.78, 5) is 15.2. The highest BCUT2D eigenvalue weighted by atomic mass is 19.4. The lowest BCUT2D eigenvalue weighted by Gasteiger charge is -2.14. The second-order valence-corrected chi connectivity index (χ2v) is 7.64. The highest BCUT2D eigenvalue weighted by molar-refractivity contribution is 5.98. The van der Waals surface area contributed by atoms with Gasteiger partial charge in [-0.15, -0.1) is 0 Å². The van der Waals surface area contributed by atoms with Crippen LogP contribution >= 0.6 is 0 Å². The van der Waals surface area contributed by atoms with E-state index in [9.17, 15) is 17.6 Å². The van der Waals surface area contributed by atoms with Crippen molar-refractivity contribution in [3.8, 4) is 16.9 Å². The molecule has 0 fully saturated rings. The molecule has 0 spiro atoms. The van der Waals surface area contributed by atoms with E-state index in [2.05, 4.69) is 30.1 Å². The molecule has 1 atom stereocenters. The van der Waals surface area contributed by atoms with Crippen LogP contribution in [0.25, 0.3) is 28.0 Å². The Hall–Kier alpha value is -4.42. The number of nitrogen functional groups attached to an aromatic ring is 1. The maximum absolute atomic E-state index is 14.2. The summed E-state index contributed by atoms with van der Waals surface area (Å²) in [6.07, 6.45) is 2.50. The van der Waals surface area contributed by atoms with Crippen LogP contribution in [0.3, 0.4) is 0 Å². The van der Waals surface area contributed by atoms with Gasteiger partial charge in [0.05, 0.1) is 17.6 Å². The minimum Gasteiger partial charge on any atom is -0.383 e. The number of rotatable bonds is 5. The summed E-state index contributed by atoms with van der Waals surface area (Å²) in [5.74, 6) is -1.58. The summed E-state index contributed by atoms with van der Waals surface area (Å²) in [6.45, 7) is 1.92. The van der Waals surface area contributed by atoms with E-state index in [0.717, 1.165) is 12.4 Å². The molecule has 4 heterocycles. The smallest absolute Gasteiger partial charge is 0.383 e. The molecule has 1 aromatic carbocycles. The minimum absolute atomic E-state index is 0.105. The third-order valence-corrected chi connectivity index (χ3v) is 5.47. The Kier molecular flexibility index (Phi) is 5.38. The van der Waals surface area contributed by atoms with Crippen LogP contribution < -0.4 is 5.73 Å². The summed E-state index contributed by atoms with van der Waals surface area (Å²) in [5.41, 5.74) is 7.94. The molecule has 0 amide bonds. The van der Waals surface area contributed by atoms with Crippen molar-refractivity contribution in [1.29, 1.82) is 0 Å². The Labute approximate surface area is 195 Å². The van der Waals surface area contributed by atoms with Crippen molar-refractivity contribution in [1.82, 2.24) is 39.5 Å². The van der Waals surface area contributed by atoms with Crippen LogP contribution in [0.2, 0.25) is 0 Å². The number of hydrogen-bond acceptors (Lipinski definition) is 7. The number of hydrogen-bond donors (Lipinski definition) is 1. The summed E-state index contributed by atoms with van der Waals surface area (Å²) >= 11 is 0. The van der Waals surface area contributed by atoms with E-state index in [1.807, 2.05) is 6.92 Å². The number of fused-ring (bicyclic) bond motifs is 1. The lowest BCUT2D eigenvalue weighted by molar-refractivity contribution is -0.144. The molecule has 0 radical (unpaired) electrons. The minimum atomic E-state index is -4.67. The SMILES string of the molecule is CCC(c1cnn(-c2ccccc2F)c1)n1nc(-c2cnc(C(F)(F)F)nc2)c2c(N)ncnc21. The number of anilines is 1. The number of aromatic nitrogens is 8. The summed E-state index contributed by atoms with van der Waals surface area (Å²) < 4.78 is 56.0. The van der Waals surface area contributed by atoms with Crippen LogP contribution in [0.4, 0.5) is 23.4 Å². The first-order valence-electron chi connectivity index (χ1n) is 10.5. The van der Waals surface area contributed by atoms with E-state index in [0.29, 0.717) is 23.0 Å². The Morgan fingerprint density at radius 3 is 2.46 bits per heavy atom. The fraction of sp³-hybridized carbons (Fsp3) is 0.182. The van der Waals surface area contributed by atoms with Gasteiger partial charge in [0.1, 0.15) is 29.3 Å². The lowest BCUT2D eigenvalue weighted by atomic mass is 10.1. The van der Waals surface area contributed by atoms with E-state index in [1.165, 1.54) is 17.1 Å². The van der Waals surface area contributed by atoms with Crippen molar-refractivity contribution in [3.05, 3.63) is 72.6 Å². The monoisotopic (exact) mass is 483 g/mol. The molecule has 13 heteroatoms. The zero-order chi connectivity index (χ0) is 24.7. The highest BCUT2D eigenvalue weighted by Crippen LogP contribution is 2.34. The van der Waals surface area contributed by atoms with Crippen LogP contribution in [0.1, 0.15) is 30.8 Å². The maximum Gasteiger partial charge on any atom is 0.451 e. The van der Waals surface area contributed by atoms with E-state index < -0.39 is 23.9 Å². The number of alkyl halides is 3. The van der Waals surface area contributed by atoms with Crippen LogP contribution in [0, 0.1) is 5.82 Å². The summed E-state index contributed by atoms with van der Waals surface area (Å²) in [6, 6.07) is 5.84. The van der Waals surface area contributed by atoms with Crippen LogP contribution in [0.15, 0.2) is 55.4 Å². The van der Waals surface area contributed by atoms with Crippen LogP contribution in [0.5, 0.6) is 0 Å². The lowest BCUT2D eigenvalue weighted by Crippen LogP contribution is -2.12. The van der Waals surface area contributed by atoms with Crippen molar-refractivity contribution < 1.29 is 17.6 Å². The molecule has 9 nitrogen and oxygen atoms in total. The van der Waals surface area contributed by atoms with Gasteiger partial charge >= 0.3 is 6.18 Å².